The molecule has 0 bridgehead atoms. The van der Waals surface area contributed by atoms with Gasteiger partial charge in [-0.15, -0.1) is 0 Å². The molecule has 3 rings (SSSR count). The number of likely N-dealkylation sites (N-methyl/N-ethyl adjacent to an activating group) is 1. The highest BCUT2D eigenvalue weighted by molar-refractivity contribution is 7.92. The van der Waals surface area contributed by atoms with Gasteiger partial charge in [0, 0.05) is 13.6 Å². The molecule has 3 aromatic carbocycles. The Balaban J connectivity index is 2.03. The first-order chi connectivity index (χ1) is 19.1. The van der Waals surface area contributed by atoms with Gasteiger partial charge in [-0.3, -0.25) is 13.9 Å². The van der Waals surface area contributed by atoms with Crippen LogP contribution in [0.4, 0.5) is 5.69 Å². The first-order valence-corrected chi connectivity index (χ1v) is 14.5. The predicted molar refractivity (Wildman–Crippen MR) is 155 cm³/mol. The summed E-state index contributed by atoms with van der Waals surface area (Å²) in [6.45, 7) is 5.61. The van der Waals surface area contributed by atoms with E-state index >= 15 is 0 Å². The van der Waals surface area contributed by atoms with Crippen molar-refractivity contribution in [2.45, 2.75) is 44.7 Å². The summed E-state index contributed by atoms with van der Waals surface area (Å²) in [6, 6.07) is 19.4. The van der Waals surface area contributed by atoms with Crippen molar-refractivity contribution in [1.29, 1.82) is 0 Å². The van der Waals surface area contributed by atoms with E-state index in [-0.39, 0.29) is 17.3 Å². The van der Waals surface area contributed by atoms with E-state index in [0.29, 0.717) is 30.2 Å². The van der Waals surface area contributed by atoms with Crippen molar-refractivity contribution in [3.63, 3.8) is 0 Å². The number of hydrogen-bond donors (Lipinski definition) is 1. The molecule has 2 amide bonds. The number of nitrogens with zero attached hydrogens (tertiary/aromatic N) is 2. The molecule has 0 saturated carbocycles. The number of hydrogen-bond acceptors (Lipinski definition) is 6. The van der Waals surface area contributed by atoms with Crippen molar-refractivity contribution >= 4 is 27.5 Å². The molecular weight excluding hydrogens is 530 g/mol. The summed E-state index contributed by atoms with van der Waals surface area (Å²) in [5.74, 6) is 0.357. The highest BCUT2D eigenvalue weighted by Crippen LogP contribution is 2.27. The number of carbonyl (C=O) groups is 2. The summed E-state index contributed by atoms with van der Waals surface area (Å²) < 4.78 is 39.6. The molecule has 0 spiro atoms. The molecule has 0 aromatic heterocycles. The van der Waals surface area contributed by atoms with Gasteiger partial charge in [0.15, 0.2) is 0 Å². The zero-order valence-electron chi connectivity index (χ0n) is 23.6. The van der Waals surface area contributed by atoms with Crippen LogP contribution < -0.4 is 19.1 Å². The van der Waals surface area contributed by atoms with Crippen LogP contribution in [0.2, 0.25) is 0 Å². The third-order valence-corrected chi connectivity index (χ3v) is 8.26. The number of nitrogens with one attached hydrogen (secondary N) is 1. The van der Waals surface area contributed by atoms with Crippen molar-refractivity contribution in [2.75, 3.05) is 31.6 Å². The Morgan fingerprint density at radius 1 is 0.900 bits per heavy atom. The molecule has 0 saturated heterocycles. The molecule has 214 valence electrons. The number of rotatable bonds is 13. The smallest absolute Gasteiger partial charge is 0.264 e. The van der Waals surface area contributed by atoms with E-state index in [0.717, 1.165) is 15.4 Å². The van der Waals surface area contributed by atoms with Gasteiger partial charge in [0.2, 0.25) is 11.8 Å². The maximum atomic E-state index is 14.0. The van der Waals surface area contributed by atoms with E-state index in [4.69, 9.17) is 9.47 Å². The van der Waals surface area contributed by atoms with E-state index in [1.165, 1.54) is 24.1 Å². The summed E-state index contributed by atoms with van der Waals surface area (Å²) in [7, 11) is -1.08. The third kappa shape index (κ3) is 7.32. The molecule has 0 fully saturated rings. The van der Waals surface area contributed by atoms with Crippen molar-refractivity contribution < 1.29 is 27.5 Å². The Bertz CT molecular complexity index is 1370. The minimum atomic E-state index is -4.15. The van der Waals surface area contributed by atoms with Crippen molar-refractivity contribution in [2.24, 2.45) is 0 Å². The lowest BCUT2D eigenvalue weighted by Gasteiger charge is -2.33. The van der Waals surface area contributed by atoms with Crippen LogP contribution >= 0.6 is 0 Å². The fourth-order valence-electron chi connectivity index (χ4n) is 4.26. The molecule has 0 unspecified atom stereocenters. The maximum Gasteiger partial charge on any atom is 0.264 e. The molecule has 10 heteroatoms. The van der Waals surface area contributed by atoms with Gasteiger partial charge in [-0.05, 0) is 74.4 Å². The Labute approximate surface area is 236 Å². The van der Waals surface area contributed by atoms with Crippen molar-refractivity contribution in [1.82, 2.24) is 10.2 Å². The third-order valence-electron chi connectivity index (χ3n) is 6.47. The molecule has 3 aromatic rings. The summed E-state index contributed by atoms with van der Waals surface area (Å²) >= 11 is 0. The van der Waals surface area contributed by atoms with Gasteiger partial charge in [-0.25, -0.2) is 8.42 Å². The summed E-state index contributed by atoms with van der Waals surface area (Å²) in [5.41, 5.74) is 2.05. The van der Waals surface area contributed by atoms with Crippen LogP contribution in [0.3, 0.4) is 0 Å². The zero-order chi connectivity index (χ0) is 29.3. The quantitative estimate of drug-likeness (QED) is 0.333. The van der Waals surface area contributed by atoms with Crippen LogP contribution in [0.5, 0.6) is 11.5 Å². The zero-order valence-corrected chi connectivity index (χ0v) is 24.4. The van der Waals surface area contributed by atoms with Crippen LogP contribution in [0.25, 0.3) is 0 Å². The van der Waals surface area contributed by atoms with Gasteiger partial charge in [-0.1, -0.05) is 36.8 Å². The van der Waals surface area contributed by atoms with Crippen molar-refractivity contribution in [3.05, 3.63) is 83.9 Å². The Kier molecular flexibility index (Phi) is 10.6. The minimum Gasteiger partial charge on any atom is -0.497 e. The number of methoxy groups -OCH3 is 1. The highest BCUT2D eigenvalue weighted by atomic mass is 32.2. The highest BCUT2D eigenvalue weighted by Gasteiger charge is 2.33. The lowest BCUT2D eigenvalue weighted by Crippen LogP contribution is -2.51. The molecule has 0 aliphatic rings. The molecule has 9 nitrogen and oxygen atoms in total. The number of anilines is 1. The molecular formula is C30H37N3O6S. The summed E-state index contributed by atoms with van der Waals surface area (Å²) in [5, 5.41) is 2.62. The average molecular weight is 568 g/mol. The SMILES string of the molecule is CCOc1ccc(S(=O)(=O)N(CC(=O)N(Cc2ccc(OC)cc2)[C@H](CC)C(=O)NC)c2ccc(C)cc2)cc1. The summed E-state index contributed by atoms with van der Waals surface area (Å²) in [6.07, 6.45) is 0.345. The number of ether oxygens (including phenoxy) is 2. The van der Waals surface area contributed by atoms with Crippen LogP contribution in [0.1, 0.15) is 31.4 Å². The maximum absolute atomic E-state index is 14.0. The molecule has 1 N–H and O–H groups in total. The molecule has 0 aliphatic heterocycles. The standard InChI is InChI=1S/C30H37N3O6S/c1-6-28(30(35)31-4)32(20-23-10-14-25(38-5)15-11-23)29(34)21-33(24-12-8-22(3)9-13-24)40(36,37)27-18-16-26(17-19-27)39-7-2/h8-19,28H,6-7,20-21H2,1-5H3,(H,31,35)/t28-/m1/s1. The Morgan fingerprint density at radius 3 is 2.02 bits per heavy atom. The van der Waals surface area contributed by atoms with Crippen LogP contribution in [0.15, 0.2) is 77.7 Å². The number of carbonyl (C=O) groups excluding carboxylic acids is 2. The Morgan fingerprint density at radius 2 is 1.50 bits per heavy atom. The largest absolute Gasteiger partial charge is 0.497 e. The average Bonchev–Trinajstić information content (AvgIpc) is 2.96. The summed E-state index contributed by atoms with van der Waals surface area (Å²) in [4.78, 5) is 28.2. The van der Waals surface area contributed by atoms with Gasteiger partial charge in [0.25, 0.3) is 10.0 Å². The number of benzene rings is 3. The monoisotopic (exact) mass is 567 g/mol. The number of aryl methyl sites for hydroxylation is 1. The van der Waals surface area contributed by atoms with Gasteiger partial charge >= 0.3 is 0 Å². The van der Waals surface area contributed by atoms with Gasteiger partial charge in [0.05, 0.1) is 24.3 Å². The molecule has 0 aliphatic carbocycles. The van der Waals surface area contributed by atoms with E-state index in [2.05, 4.69) is 5.32 Å². The second-order valence-corrected chi connectivity index (χ2v) is 11.0. The molecule has 40 heavy (non-hydrogen) atoms. The number of amides is 2. The lowest BCUT2D eigenvalue weighted by molar-refractivity contribution is -0.140. The first kappa shape index (κ1) is 30.5. The molecule has 1 atom stereocenters. The topological polar surface area (TPSA) is 105 Å². The fraction of sp³-hybridized carbons (Fsp3) is 0.333. The van der Waals surface area contributed by atoms with E-state index in [1.807, 2.05) is 32.9 Å². The second-order valence-electron chi connectivity index (χ2n) is 9.16. The molecule has 0 radical (unpaired) electrons. The van der Waals surface area contributed by atoms with E-state index in [9.17, 15) is 18.0 Å². The number of sulfonamides is 1. The predicted octanol–water partition coefficient (Wildman–Crippen LogP) is 4.15. The van der Waals surface area contributed by atoms with Crippen LogP contribution in [-0.4, -0.2) is 58.5 Å². The van der Waals surface area contributed by atoms with Gasteiger partial charge < -0.3 is 19.7 Å². The van der Waals surface area contributed by atoms with E-state index < -0.39 is 28.5 Å². The van der Waals surface area contributed by atoms with Gasteiger partial charge in [-0.2, -0.15) is 0 Å². The van der Waals surface area contributed by atoms with Crippen LogP contribution in [0, 0.1) is 6.92 Å². The first-order valence-electron chi connectivity index (χ1n) is 13.1. The second kappa shape index (κ2) is 13.8. The van der Waals surface area contributed by atoms with Crippen molar-refractivity contribution in [3.8, 4) is 11.5 Å². The van der Waals surface area contributed by atoms with Gasteiger partial charge in [0.1, 0.15) is 24.1 Å². The lowest BCUT2D eigenvalue weighted by atomic mass is 10.1. The normalized spacial score (nSPS) is 11.8. The van der Waals surface area contributed by atoms with Crippen LogP contribution in [-0.2, 0) is 26.2 Å². The molecule has 0 heterocycles. The van der Waals surface area contributed by atoms with E-state index in [1.54, 1.807) is 55.6 Å². The Hall–Kier alpha value is -4.05. The fourth-order valence-corrected chi connectivity index (χ4v) is 5.67. The minimum absolute atomic E-state index is 0.0179.